The lowest BCUT2D eigenvalue weighted by Gasteiger charge is -2.17. The molecule has 3 aromatic carbocycles. The first-order valence-electron chi connectivity index (χ1n) is 11.1. The second-order valence-electron chi connectivity index (χ2n) is 8.42. The minimum atomic E-state index is -0.884. The van der Waals surface area contributed by atoms with E-state index in [1.165, 1.54) is 18.2 Å². The number of ether oxygens (including phenoxy) is 3. The molecule has 0 spiro atoms. The molecule has 0 saturated carbocycles. The van der Waals surface area contributed by atoms with E-state index in [0.29, 0.717) is 53.4 Å². The summed E-state index contributed by atoms with van der Waals surface area (Å²) in [5.74, 6) is 0.302. The van der Waals surface area contributed by atoms with Crippen LogP contribution in [0.4, 0.5) is 4.39 Å². The Morgan fingerprint density at radius 1 is 1.11 bits per heavy atom. The highest BCUT2D eigenvalue weighted by atomic mass is 19.1. The van der Waals surface area contributed by atoms with Gasteiger partial charge in [-0.2, -0.15) is 10.5 Å². The van der Waals surface area contributed by atoms with Crippen LogP contribution in [0.5, 0.6) is 23.0 Å². The number of halogens is 1. The molecule has 0 aromatic heterocycles. The first-order chi connectivity index (χ1) is 17.0. The van der Waals surface area contributed by atoms with Crippen molar-refractivity contribution in [2.75, 3.05) is 6.61 Å². The smallest absolute Gasteiger partial charge is 0.304 e. The molecule has 8 heteroatoms. The number of carboxylic acids is 1. The van der Waals surface area contributed by atoms with Crippen LogP contribution in [-0.4, -0.2) is 17.7 Å². The molecule has 0 saturated heterocycles. The molecular formula is C27H19FN2O5. The summed E-state index contributed by atoms with van der Waals surface area (Å²) < 4.78 is 32.6. The van der Waals surface area contributed by atoms with E-state index in [-0.39, 0.29) is 23.7 Å². The van der Waals surface area contributed by atoms with E-state index in [9.17, 15) is 14.4 Å². The number of hydrogen-bond donors (Lipinski definition) is 1. The van der Waals surface area contributed by atoms with Crippen LogP contribution in [-0.2, 0) is 11.2 Å². The topological polar surface area (TPSA) is 113 Å². The van der Waals surface area contributed by atoms with Crippen molar-refractivity contribution in [3.8, 4) is 35.1 Å². The number of hydrogen-bond acceptors (Lipinski definition) is 6. The Kier molecular flexibility index (Phi) is 5.72. The Bertz CT molecular complexity index is 1420. The average Bonchev–Trinajstić information content (AvgIpc) is 3.45. The van der Waals surface area contributed by atoms with Crippen molar-refractivity contribution in [2.24, 2.45) is 0 Å². The average molecular weight is 470 g/mol. The van der Waals surface area contributed by atoms with Crippen molar-refractivity contribution >= 4 is 5.97 Å². The molecule has 3 aromatic rings. The van der Waals surface area contributed by atoms with Gasteiger partial charge < -0.3 is 19.3 Å². The molecule has 174 valence electrons. The highest BCUT2D eigenvalue weighted by Crippen LogP contribution is 2.44. The summed E-state index contributed by atoms with van der Waals surface area (Å²) in [6.07, 6.45) is 0.501. The summed E-state index contributed by atoms with van der Waals surface area (Å²) in [4.78, 5) is 11.1. The molecule has 1 aliphatic heterocycles. The van der Waals surface area contributed by atoms with Crippen LogP contribution >= 0.6 is 0 Å². The molecule has 0 radical (unpaired) electrons. The van der Waals surface area contributed by atoms with Crippen LogP contribution in [0.1, 0.15) is 52.7 Å². The predicted octanol–water partition coefficient (Wildman–Crippen LogP) is 5.38. The molecule has 0 unspecified atom stereocenters. The van der Waals surface area contributed by atoms with Crippen molar-refractivity contribution in [2.45, 2.75) is 31.3 Å². The highest BCUT2D eigenvalue weighted by molar-refractivity contribution is 5.69. The standard InChI is InChI=1S/C27H19FN2O5/c28-21-5-8-23(35-22-6-1-15(12-29)9-16(22)13-30)20-4-7-24(27(20)21)34-18-2-3-19-17(10-26(31)32)14-33-25(19)11-18/h1-3,5-6,8-9,11,17,24H,4,7,10,14H2,(H,31,32)/t17-,24-/m1/s1. The molecule has 1 heterocycles. The summed E-state index contributed by atoms with van der Waals surface area (Å²) in [6, 6.07) is 16.7. The summed E-state index contributed by atoms with van der Waals surface area (Å²) in [5, 5.41) is 27.6. The zero-order valence-corrected chi connectivity index (χ0v) is 18.5. The van der Waals surface area contributed by atoms with Gasteiger partial charge in [0.25, 0.3) is 0 Å². The molecule has 2 atom stereocenters. The van der Waals surface area contributed by atoms with Gasteiger partial charge in [-0.3, -0.25) is 4.79 Å². The van der Waals surface area contributed by atoms with Crippen molar-refractivity contribution in [1.29, 1.82) is 10.5 Å². The molecule has 1 aliphatic carbocycles. The third-order valence-corrected chi connectivity index (χ3v) is 6.25. The predicted molar refractivity (Wildman–Crippen MR) is 121 cm³/mol. The fraction of sp³-hybridized carbons (Fsp3) is 0.222. The summed E-state index contributed by atoms with van der Waals surface area (Å²) in [6.45, 7) is 0.298. The second-order valence-corrected chi connectivity index (χ2v) is 8.42. The quantitative estimate of drug-likeness (QED) is 0.515. The molecule has 0 fully saturated rings. The number of nitrogens with zero attached hydrogens (tertiary/aromatic N) is 2. The molecule has 0 bridgehead atoms. The Morgan fingerprint density at radius 3 is 2.71 bits per heavy atom. The summed E-state index contributed by atoms with van der Waals surface area (Å²) in [7, 11) is 0. The van der Waals surface area contributed by atoms with E-state index in [1.807, 2.05) is 12.1 Å². The van der Waals surface area contributed by atoms with E-state index in [1.54, 1.807) is 30.3 Å². The largest absolute Gasteiger partial charge is 0.492 e. The fourth-order valence-corrected chi connectivity index (χ4v) is 4.62. The number of nitriles is 2. The van der Waals surface area contributed by atoms with E-state index < -0.39 is 17.9 Å². The van der Waals surface area contributed by atoms with Gasteiger partial charge in [-0.1, -0.05) is 6.07 Å². The van der Waals surface area contributed by atoms with Crippen molar-refractivity contribution in [3.63, 3.8) is 0 Å². The zero-order chi connectivity index (χ0) is 24.5. The molecule has 0 amide bonds. The Morgan fingerprint density at radius 2 is 1.94 bits per heavy atom. The maximum atomic E-state index is 14.9. The first-order valence-corrected chi connectivity index (χ1v) is 11.1. The monoisotopic (exact) mass is 470 g/mol. The third-order valence-electron chi connectivity index (χ3n) is 6.25. The maximum absolute atomic E-state index is 14.9. The van der Waals surface area contributed by atoms with Gasteiger partial charge in [0.1, 0.15) is 41.0 Å². The zero-order valence-electron chi connectivity index (χ0n) is 18.5. The Labute approximate surface area is 200 Å². The number of rotatable bonds is 6. The summed E-state index contributed by atoms with van der Waals surface area (Å²) in [5.41, 5.74) is 2.46. The van der Waals surface area contributed by atoms with E-state index in [0.717, 1.165) is 5.56 Å². The molecule has 2 aliphatic rings. The van der Waals surface area contributed by atoms with Crippen LogP contribution in [0, 0.1) is 28.5 Å². The molecule has 7 nitrogen and oxygen atoms in total. The maximum Gasteiger partial charge on any atom is 0.304 e. The molecule has 35 heavy (non-hydrogen) atoms. The number of fused-ring (bicyclic) bond motifs is 2. The molecule has 5 rings (SSSR count). The highest BCUT2D eigenvalue weighted by Gasteiger charge is 2.32. The lowest BCUT2D eigenvalue weighted by molar-refractivity contribution is -0.137. The Hall–Kier alpha value is -4.56. The fourth-order valence-electron chi connectivity index (χ4n) is 4.62. The van der Waals surface area contributed by atoms with Crippen LogP contribution in [0.2, 0.25) is 0 Å². The number of benzene rings is 3. The molecule has 1 N–H and O–H groups in total. The molecular weight excluding hydrogens is 451 g/mol. The van der Waals surface area contributed by atoms with Crippen LogP contribution < -0.4 is 14.2 Å². The third kappa shape index (κ3) is 4.22. The van der Waals surface area contributed by atoms with Crippen LogP contribution in [0.15, 0.2) is 48.5 Å². The number of aliphatic carboxylic acids is 1. The van der Waals surface area contributed by atoms with Crippen molar-refractivity contribution in [3.05, 3.63) is 82.2 Å². The number of carboxylic acid groups (broad SMARTS) is 1. The minimum absolute atomic E-state index is 0.00997. The van der Waals surface area contributed by atoms with Gasteiger partial charge in [0.15, 0.2) is 0 Å². The normalized spacial score (nSPS) is 17.5. The van der Waals surface area contributed by atoms with E-state index in [4.69, 9.17) is 24.6 Å². The Balaban J connectivity index is 1.39. The minimum Gasteiger partial charge on any atom is -0.492 e. The SMILES string of the molecule is N#Cc1ccc(Oc2ccc(F)c3c2CC[C@H]3Oc2ccc3c(c2)OC[C@H]3CC(=O)O)c(C#N)c1. The van der Waals surface area contributed by atoms with Crippen molar-refractivity contribution in [1.82, 2.24) is 0 Å². The van der Waals surface area contributed by atoms with Gasteiger partial charge in [-0.25, -0.2) is 4.39 Å². The van der Waals surface area contributed by atoms with Gasteiger partial charge >= 0.3 is 5.97 Å². The second kappa shape index (κ2) is 9.00. The van der Waals surface area contributed by atoms with E-state index in [2.05, 4.69) is 0 Å². The lowest BCUT2D eigenvalue weighted by atomic mass is 9.98. The van der Waals surface area contributed by atoms with Gasteiger partial charge in [0, 0.05) is 28.7 Å². The van der Waals surface area contributed by atoms with Gasteiger partial charge in [0.05, 0.1) is 30.2 Å². The van der Waals surface area contributed by atoms with Crippen LogP contribution in [0.3, 0.4) is 0 Å². The lowest BCUT2D eigenvalue weighted by Crippen LogP contribution is -2.07. The van der Waals surface area contributed by atoms with Gasteiger partial charge in [0.2, 0.25) is 0 Å². The van der Waals surface area contributed by atoms with Gasteiger partial charge in [-0.05, 0) is 49.2 Å². The summed E-state index contributed by atoms with van der Waals surface area (Å²) >= 11 is 0. The van der Waals surface area contributed by atoms with E-state index >= 15 is 0 Å². The first kappa shape index (κ1) is 22.2. The number of carbonyl (C=O) groups is 1. The van der Waals surface area contributed by atoms with Gasteiger partial charge in [-0.15, -0.1) is 0 Å². The van der Waals surface area contributed by atoms with Crippen LogP contribution in [0.25, 0.3) is 0 Å². The van der Waals surface area contributed by atoms with Crippen molar-refractivity contribution < 1.29 is 28.5 Å².